The fourth-order valence-corrected chi connectivity index (χ4v) is 2.65. The normalized spacial score (nSPS) is 11.3. The third-order valence-corrected chi connectivity index (χ3v) is 3.83. The molecule has 0 heterocycles. The first kappa shape index (κ1) is 15.6. The van der Waals surface area contributed by atoms with Crippen LogP contribution in [0.15, 0.2) is 29.2 Å². The summed E-state index contributed by atoms with van der Waals surface area (Å²) in [4.78, 5) is 11.6. The number of para-hydroxylation sites is 1. The van der Waals surface area contributed by atoms with Gasteiger partial charge in [0, 0.05) is 13.2 Å². The number of rotatable bonds is 7. The molecule has 19 heavy (non-hydrogen) atoms. The van der Waals surface area contributed by atoms with Crippen LogP contribution in [0.4, 0.5) is 5.69 Å². The number of hydrogen-bond acceptors (Lipinski definition) is 4. The van der Waals surface area contributed by atoms with Crippen molar-refractivity contribution in [1.29, 1.82) is 0 Å². The molecule has 7 heteroatoms. The van der Waals surface area contributed by atoms with E-state index >= 15 is 0 Å². The lowest BCUT2D eigenvalue weighted by molar-refractivity contribution is -0.120. The van der Waals surface area contributed by atoms with Crippen molar-refractivity contribution in [2.24, 2.45) is 0 Å². The summed E-state index contributed by atoms with van der Waals surface area (Å²) in [5, 5.41) is 2.53. The van der Waals surface area contributed by atoms with Crippen LogP contribution < -0.4 is 10.0 Å². The van der Waals surface area contributed by atoms with Crippen molar-refractivity contribution in [2.45, 2.75) is 18.7 Å². The highest BCUT2D eigenvalue weighted by atomic mass is 32.2. The Bertz CT molecular complexity index is 528. The molecular weight excluding hydrogens is 268 g/mol. The van der Waals surface area contributed by atoms with Gasteiger partial charge in [-0.1, -0.05) is 19.1 Å². The van der Waals surface area contributed by atoms with Gasteiger partial charge in [0.25, 0.3) is 0 Å². The first-order chi connectivity index (χ1) is 9.01. The van der Waals surface area contributed by atoms with Crippen molar-refractivity contribution in [1.82, 2.24) is 4.72 Å². The third-order valence-electron chi connectivity index (χ3n) is 2.22. The molecule has 0 saturated heterocycles. The minimum atomic E-state index is -3.61. The smallest absolute Gasteiger partial charge is 0.250 e. The van der Waals surface area contributed by atoms with E-state index in [2.05, 4.69) is 10.0 Å². The molecular formula is C12H18N2O4S. The standard InChI is InChI=1S/C12H18N2O4S/c1-3-13-19(16,17)11-8-6-5-7-10(11)14-12(15)9-18-4-2/h5-8,13H,3-4,9H2,1-2H3,(H,14,15). The first-order valence-corrected chi connectivity index (χ1v) is 7.45. The summed E-state index contributed by atoms with van der Waals surface area (Å²) in [6.07, 6.45) is 0. The maximum atomic E-state index is 12.0. The molecule has 1 aromatic rings. The van der Waals surface area contributed by atoms with E-state index in [0.29, 0.717) is 6.61 Å². The van der Waals surface area contributed by atoms with Crippen molar-refractivity contribution in [2.75, 3.05) is 25.1 Å². The molecule has 106 valence electrons. The van der Waals surface area contributed by atoms with Gasteiger partial charge in [0.1, 0.15) is 11.5 Å². The summed E-state index contributed by atoms with van der Waals surface area (Å²) in [5.74, 6) is -0.388. The lowest BCUT2D eigenvalue weighted by atomic mass is 10.3. The van der Waals surface area contributed by atoms with Gasteiger partial charge in [0.15, 0.2) is 0 Å². The minimum Gasteiger partial charge on any atom is -0.372 e. The minimum absolute atomic E-state index is 0.0432. The molecule has 0 fully saturated rings. The maximum absolute atomic E-state index is 12.0. The molecule has 0 aliphatic carbocycles. The fraction of sp³-hybridized carbons (Fsp3) is 0.417. The van der Waals surface area contributed by atoms with Crippen LogP contribution in [0.5, 0.6) is 0 Å². The number of nitrogens with one attached hydrogen (secondary N) is 2. The summed E-state index contributed by atoms with van der Waals surface area (Å²) < 4.78 is 31.3. The quantitative estimate of drug-likeness (QED) is 0.782. The highest BCUT2D eigenvalue weighted by Gasteiger charge is 2.18. The van der Waals surface area contributed by atoms with Gasteiger partial charge in [-0.15, -0.1) is 0 Å². The molecule has 0 aliphatic rings. The maximum Gasteiger partial charge on any atom is 0.250 e. The molecule has 0 atom stereocenters. The molecule has 1 amide bonds. The zero-order chi connectivity index (χ0) is 14.3. The topological polar surface area (TPSA) is 84.5 Å². The molecule has 1 aromatic carbocycles. The summed E-state index contributed by atoms with van der Waals surface area (Å²) in [5.41, 5.74) is 0.244. The molecule has 0 radical (unpaired) electrons. The van der Waals surface area contributed by atoms with E-state index in [4.69, 9.17) is 4.74 Å². The van der Waals surface area contributed by atoms with Gasteiger partial charge in [-0.2, -0.15) is 0 Å². The molecule has 0 bridgehead atoms. The van der Waals surface area contributed by atoms with Crippen molar-refractivity contribution in [3.8, 4) is 0 Å². The van der Waals surface area contributed by atoms with Gasteiger partial charge in [-0.3, -0.25) is 4.79 Å². The number of hydrogen-bond donors (Lipinski definition) is 2. The van der Waals surface area contributed by atoms with E-state index in [1.54, 1.807) is 26.0 Å². The number of benzene rings is 1. The van der Waals surface area contributed by atoms with Crippen molar-refractivity contribution < 1.29 is 17.9 Å². The number of carbonyl (C=O) groups excluding carboxylic acids is 1. The summed E-state index contributed by atoms with van der Waals surface area (Å²) >= 11 is 0. The first-order valence-electron chi connectivity index (χ1n) is 5.97. The molecule has 0 spiro atoms. The number of anilines is 1. The predicted octanol–water partition coefficient (Wildman–Crippen LogP) is 0.960. The summed E-state index contributed by atoms with van der Waals surface area (Å²) in [7, 11) is -3.61. The van der Waals surface area contributed by atoms with Crippen LogP contribution in [0.25, 0.3) is 0 Å². The van der Waals surface area contributed by atoms with Gasteiger partial charge in [0.2, 0.25) is 15.9 Å². The second-order valence-corrected chi connectivity index (χ2v) is 5.42. The van der Waals surface area contributed by atoms with E-state index in [9.17, 15) is 13.2 Å². The van der Waals surface area contributed by atoms with E-state index in [-0.39, 0.29) is 29.6 Å². The van der Waals surface area contributed by atoms with Crippen LogP contribution in [0, 0.1) is 0 Å². The van der Waals surface area contributed by atoms with Crippen molar-refractivity contribution in [3.63, 3.8) is 0 Å². The highest BCUT2D eigenvalue weighted by Crippen LogP contribution is 2.20. The average molecular weight is 286 g/mol. The molecule has 0 aromatic heterocycles. The van der Waals surface area contributed by atoms with E-state index in [1.807, 2.05) is 0 Å². The van der Waals surface area contributed by atoms with Crippen LogP contribution in [0.2, 0.25) is 0 Å². The second-order valence-electron chi connectivity index (χ2n) is 3.68. The van der Waals surface area contributed by atoms with Gasteiger partial charge in [-0.25, -0.2) is 13.1 Å². The zero-order valence-electron chi connectivity index (χ0n) is 11.0. The Morgan fingerprint density at radius 2 is 1.95 bits per heavy atom. The van der Waals surface area contributed by atoms with Crippen molar-refractivity contribution >= 4 is 21.6 Å². The monoisotopic (exact) mass is 286 g/mol. The second kappa shape index (κ2) is 7.22. The fourth-order valence-electron chi connectivity index (χ4n) is 1.45. The zero-order valence-corrected chi connectivity index (χ0v) is 11.8. The van der Waals surface area contributed by atoms with E-state index in [0.717, 1.165) is 0 Å². The van der Waals surface area contributed by atoms with Crippen LogP contribution in [0.3, 0.4) is 0 Å². The molecule has 2 N–H and O–H groups in total. The largest absolute Gasteiger partial charge is 0.372 e. The number of carbonyl (C=O) groups is 1. The molecule has 0 saturated carbocycles. The average Bonchev–Trinajstić information content (AvgIpc) is 2.36. The lowest BCUT2D eigenvalue weighted by Crippen LogP contribution is -2.26. The van der Waals surface area contributed by atoms with Crippen molar-refractivity contribution in [3.05, 3.63) is 24.3 Å². The Kier molecular flexibility index (Phi) is 5.94. The van der Waals surface area contributed by atoms with E-state index in [1.165, 1.54) is 12.1 Å². The molecule has 1 rings (SSSR count). The lowest BCUT2D eigenvalue weighted by Gasteiger charge is -2.11. The molecule has 0 unspecified atom stereocenters. The number of ether oxygens (including phenoxy) is 1. The van der Waals surface area contributed by atoms with Crippen LogP contribution in [-0.4, -0.2) is 34.1 Å². The highest BCUT2D eigenvalue weighted by molar-refractivity contribution is 7.89. The SMILES string of the molecule is CCNS(=O)(=O)c1ccccc1NC(=O)COCC. The molecule has 0 aliphatic heterocycles. The Balaban J connectivity index is 2.94. The van der Waals surface area contributed by atoms with Crippen LogP contribution in [0.1, 0.15) is 13.8 Å². The summed E-state index contributed by atoms with van der Waals surface area (Å²) in [6, 6.07) is 6.23. The van der Waals surface area contributed by atoms with Gasteiger partial charge >= 0.3 is 0 Å². The Morgan fingerprint density at radius 3 is 2.58 bits per heavy atom. The Hall–Kier alpha value is -1.44. The van der Waals surface area contributed by atoms with Gasteiger partial charge in [0.05, 0.1) is 5.69 Å². The number of amides is 1. The van der Waals surface area contributed by atoms with Gasteiger partial charge in [-0.05, 0) is 19.1 Å². The Morgan fingerprint density at radius 1 is 1.26 bits per heavy atom. The van der Waals surface area contributed by atoms with Crippen LogP contribution in [-0.2, 0) is 19.6 Å². The molecule has 6 nitrogen and oxygen atoms in total. The summed E-state index contributed by atoms with van der Waals surface area (Å²) in [6.45, 7) is 4.06. The van der Waals surface area contributed by atoms with Crippen LogP contribution >= 0.6 is 0 Å². The Labute approximate surface area is 113 Å². The van der Waals surface area contributed by atoms with E-state index < -0.39 is 10.0 Å². The number of sulfonamides is 1. The third kappa shape index (κ3) is 4.62. The van der Waals surface area contributed by atoms with Gasteiger partial charge < -0.3 is 10.1 Å². The predicted molar refractivity (Wildman–Crippen MR) is 72.4 cm³/mol.